The Hall–Kier alpha value is -2.76. The van der Waals surface area contributed by atoms with Crippen LogP contribution in [0.4, 0.5) is 5.69 Å². The number of nitrogens with one attached hydrogen (secondary N) is 1. The number of anilines is 1. The summed E-state index contributed by atoms with van der Waals surface area (Å²) in [4.78, 5) is 24.8. The molecule has 1 aliphatic heterocycles. The largest absolute Gasteiger partial charge is 0.383 e. The van der Waals surface area contributed by atoms with Gasteiger partial charge in [-0.3, -0.25) is 9.59 Å². The molecule has 0 atom stereocenters. The maximum Gasteiger partial charge on any atom is 0.250 e. The third-order valence-corrected chi connectivity index (χ3v) is 8.14. The number of ether oxygens (including phenoxy) is 1. The molecule has 1 aliphatic carbocycles. The van der Waals surface area contributed by atoms with Crippen molar-refractivity contribution in [2.75, 3.05) is 43.9 Å². The van der Waals surface area contributed by atoms with E-state index < -0.39 is 15.9 Å². The molecule has 0 unspecified atom stereocenters. The summed E-state index contributed by atoms with van der Waals surface area (Å²) < 4.78 is 33.6. The highest BCUT2D eigenvalue weighted by molar-refractivity contribution is 7.89. The topological polar surface area (TPSA) is 137 Å². The number of aryl methyl sites for hydroxylation is 1. The highest BCUT2D eigenvalue weighted by atomic mass is 32.2. The van der Waals surface area contributed by atoms with Crippen molar-refractivity contribution in [3.8, 4) is 5.69 Å². The maximum atomic E-state index is 12.7. The molecule has 34 heavy (non-hydrogen) atoms. The summed E-state index contributed by atoms with van der Waals surface area (Å²) in [6.07, 6.45) is 1.16. The van der Waals surface area contributed by atoms with Gasteiger partial charge in [0.2, 0.25) is 10.0 Å². The number of carbonyl (C=O) groups excluding carboxylic acids is 2. The zero-order chi connectivity index (χ0) is 24.7. The minimum Gasteiger partial charge on any atom is -0.383 e. The number of carbonyl (C=O) groups is 2. The van der Waals surface area contributed by atoms with E-state index in [0.29, 0.717) is 61.8 Å². The average Bonchev–Trinajstić information content (AvgIpc) is 3.09. The summed E-state index contributed by atoms with van der Waals surface area (Å²) in [6, 6.07) is 5.05. The molecule has 3 N–H and O–H groups in total. The first kappa shape index (κ1) is 24.4. The normalized spacial score (nSPS) is 18.5. The number of Topliss-reactive ketones (excluding diaryl/α,β-unsaturated/α-hetero) is 1. The second-order valence-corrected chi connectivity index (χ2v) is 11.7. The second-order valence-electron chi connectivity index (χ2n) is 9.61. The number of nitrogens with zero attached hydrogens (tertiary/aromatic N) is 3. The number of ketones is 1. The van der Waals surface area contributed by atoms with E-state index in [4.69, 9.17) is 10.5 Å². The van der Waals surface area contributed by atoms with E-state index in [2.05, 4.69) is 24.3 Å². The monoisotopic (exact) mass is 489 g/mol. The number of aromatic nitrogens is 2. The van der Waals surface area contributed by atoms with Crippen molar-refractivity contribution >= 4 is 27.4 Å². The van der Waals surface area contributed by atoms with E-state index in [-0.39, 0.29) is 29.1 Å². The molecule has 1 aromatic carbocycles. The Morgan fingerprint density at radius 2 is 1.94 bits per heavy atom. The number of fused-ring (bicyclic) bond motifs is 1. The Morgan fingerprint density at radius 1 is 1.24 bits per heavy atom. The van der Waals surface area contributed by atoms with Gasteiger partial charge in [0.25, 0.3) is 5.91 Å². The SMILES string of the molecule is Cc1nn(-c2ccc(C(N)=O)c(NCCS(=O)(=O)N3CCOCC3)c2)c2c1C(=O)CC(C)(C)C2. The molecule has 0 saturated carbocycles. The third-order valence-electron chi connectivity index (χ3n) is 6.27. The Morgan fingerprint density at radius 3 is 2.62 bits per heavy atom. The molecule has 1 fully saturated rings. The van der Waals surface area contributed by atoms with Crippen LogP contribution in [0.5, 0.6) is 0 Å². The van der Waals surface area contributed by atoms with Crippen LogP contribution in [-0.2, 0) is 21.2 Å². The fourth-order valence-electron chi connectivity index (χ4n) is 4.65. The number of hydrogen-bond donors (Lipinski definition) is 2. The van der Waals surface area contributed by atoms with E-state index >= 15 is 0 Å². The predicted molar refractivity (Wildman–Crippen MR) is 128 cm³/mol. The van der Waals surface area contributed by atoms with Gasteiger partial charge in [-0.25, -0.2) is 13.1 Å². The molecule has 184 valence electrons. The van der Waals surface area contributed by atoms with Crippen molar-refractivity contribution in [3.63, 3.8) is 0 Å². The van der Waals surface area contributed by atoms with Crippen LogP contribution in [0, 0.1) is 12.3 Å². The second kappa shape index (κ2) is 9.12. The fourth-order valence-corrected chi connectivity index (χ4v) is 5.97. The van der Waals surface area contributed by atoms with E-state index in [1.165, 1.54) is 4.31 Å². The summed E-state index contributed by atoms with van der Waals surface area (Å²) in [5.41, 5.74) is 8.88. The van der Waals surface area contributed by atoms with E-state index in [1.54, 1.807) is 22.9 Å². The van der Waals surface area contributed by atoms with Gasteiger partial charge in [-0.1, -0.05) is 13.8 Å². The van der Waals surface area contributed by atoms with Crippen molar-refractivity contribution in [1.29, 1.82) is 0 Å². The Kier molecular flexibility index (Phi) is 6.54. The molecule has 1 aromatic heterocycles. The van der Waals surface area contributed by atoms with Crippen molar-refractivity contribution in [2.24, 2.45) is 11.1 Å². The molecule has 10 nitrogen and oxygen atoms in total. The van der Waals surface area contributed by atoms with Crippen LogP contribution in [0.3, 0.4) is 0 Å². The van der Waals surface area contributed by atoms with Crippen molar-refractivity contribution < 1.29 is 22.7 Å². The van der Waals surface area contributed by atoms with Crippen molar-refractivity contribution in [1.82, 2.24) is 14.1 Å². The van der Waals surface area contributed by atoms with Gasteiger partial charge in [0.15, 0.2) is 5.78 Å². The van der Waals surface area contributed by atoms with Crippen LogP contribution >= 0.6 is 0 Å². The molecule has 2 aliphatic rings. The van der Waals surface area contributed by atoms with Gasteiger partial charge < -0.3 is 15.8 Å². The molecule has 2 aromatic rings. The van der Waals surface area contributed by atoms with E-state index in [0.717, 1.165) is 5.69 Å². The van der Waals surface area contributed by atoms with Gasteiger partial charge >= 0.3 is 0 Å². The number of sulfonamides is 1. The van der Waals surface area contributed by atoms with Crippen LogP contribution in [0.2, 0.25) is 0 Å². The third kappa shape index (κ3) is 4.86. The maximum absolute atomic E-state index is 12.7. The average molecular weight is 490 g/mol. The van der Waals surface area contributed by atoms with Crippen LogP contribution < -0.4 is 11.1 Å². The molecule has 0 radical (unpaired) electrons. The highest BCUT2D eigenvalue weighted by Gasteiger charge is 2.35. The number of primary amides is 1. The first-order chi connectivity index (χ1) is 16.0. The van der Waals surface area contributed by atoms with Gasteiger partial charge in [0, 0.05) is 31.7 Å². The molecule has 11 heteroatoms. The van der Waals surface area contributed by atoms with Gasteiger partial charge in [-0.2, -0.15) is 9.40 Å². The summed E-state index contributed by atoms with van der Waals surface area (Å²) in [7, 11) is -3.46. The molecule has 2 heterocycles. The number of benzene rings is 1. The first-order valence-corrected chi connectivity index (χ1v) is 12.9. The number of rotatable bonds is 7. The highest BCUT2D eigenvalue weighted by Crippen LogP contribution is 2.37. The summed E-state index contributed by atoms with van der Waals surface area (Å²) in [6.45, 7) is 7.47. The van der Waals surface area contributed by atoms with Crippen molar-refractivity contribution in [3.05, 3.63) is 40.7 Å². The van der Waals surface area contributed by atoms with Gasteiger partial charge in [-0.05, 0) is 37.0 Å². The van der Waals surface area contributed by atoms with Gasteiger partial charge in [0.05, 0.1) is 47.2 Å². The van der Waals surface area contributed by atoms with Crippen LogP contribution in [0.15, 0.2) is 18.2 Å². The van der Waals surface area contributed by atoms with E-state index in [9.17, 15) is 18.0 Å². The predicted octanol–water partition coefficient (Wildman–Crippen LogP) is 1.51. The molecule has 1 amide bonds. The van der Waals surface area contributed by atoms with Crippen LogP contribution in [0.1, 0.15) is 52.4 Å². The Bertz CT molecular complexity index is 1230. The number of amides is 1. The molecular weight excluding hydrogens is 458 g/mol. The molecule has 1 saturated heterocycles. The van der Waals surface area contributed by atoms with Gasteiger partial charge in [0.1, 0.15) is 0 Å². The summed E-state index contributed by atoms with van der Waals surface area (Å²) >= 11 is 0. The zero-order valence-corrected chi connectivity index (χ0v) is 20.6. The molecule has 0 spiro atoms. The quantitative estimate of drug-likeness (QED) is 0.601. The van der Waals surface area contributed by atoms with Gasteiger partial charge in [-0.15, -0.1) is 0 Å². The zero-order valence-electron chi connectivity index (χ0n) is 19.8. The Labute approximate surface area is 199 Å². The molecular formula is C23H31N5O5S. The van der Waals surface area contributed by atoms with Crippen LogP contribution in [0.25, 0.3) is 5.69 Å². The number of nitrogens with two attached hydrogens (primary N) is 1. The molecule has 0 bridgehead atoms. The first-order valence-electron chi connectivity index (χ1n) is 11.3. The lowest BCUT2D eigenvalue weighted by molar-refractivity contribution is 0.0731. The molecule has 4 rings (SSSR count). The summed E-state index contributed by atoms with van der Waals surface area (Å²) in [5.74, 6) is -0.676. The summed E-state index contributed by atoms with van der Waals surface area (Å²) in [5, 5.41) is 7.68. The fraction of sp³-hybridized carbons (Fsp3) is 0.522. The lowest BCUT2D eigenvalue weighted by Gasteiger charge is -2.29. The van der Waals surface area contributed by atoms with Crippen molar-refractivity contribution in [2.45, 2.75) is 33.6 Å². The minimum atomic E-state index is -3.46. The van der Waals surface area contributed by atoms with E-state index in [1.807, 2.05) is 6.92 Å². The smallest absolute Gasteiger partial charge is 0.250 e. The standard InChI is InChI=1S/C23H31N5O5S/c1-15-21-19(13-23(2,3)14-20(21)29)28(26-15)16-4-5-17(22(24)30)18(12-16)25-6-11-34(31,32)27-7-9-33-10-8-27/h4-5,12,25H,6-11,13-14H2,1-3H3,(H2,24,30). The minimum absolute atomic E-state index is 0.0791. The van der Waals surface area contributed by atoms with Crippen LogP contribution in [-0.4, -0.2) is 72.8 Å². The lowest BCUT2D eigenvalue weighted by atomic mass is 9.75. The number of morpholine rings is 1. The Balaban J connectivity index is 1.61. The number of hydrogen-bond acceptors (Lipinski definition) is 7. The lowest BCUT2D eigenvalue weighted by Crippen LogP contribution is -2.42.